The van der Waals surface area contributed by atoms with Crippen molar-refractivity contribution < 1.29 is 32.3 Å². The van der Waals surface area contributed by atoms with Gasteiger partial charge in [0, 0.05) is 56.9 Å². The zero-order valence-corrected chi connectivity index (χ0v) is 34.7. The molecule has 2 amide bonds. The Hall–Kier alpha value is -4.04. The Morgan fingerprint density at radius 3 is 2.55 bits per heavy atom. The molecule has 56 heavy (non-hydrogen) atoms. The molecule has 3 heterocycles. The number of nitrogens with zero attached hydrogens (tertiary/aromatic N) is 3. The molecule has 7 rings (SSSR count). The van der Waals surface area contributed by atoms with Crippen LogP contribution in [0.15, 0.2) is 66.7 Å². The molecule has 1 saturated heterocycles. The van der Waals surface area contributed by atoms with Gasteiger partial charge in [-0.1, -0.05) is 68.2 Å². The Balaban J connectivity index is 1.19. The zero-order chi connectivity index (χ0) is 40.2. The quantitative estimate of drug-likeness (QED) is 0.126. The number of sulfonamides is 1. The van der Waals surface area contributed by atoms with Crippen molar-refractivity contribution >= 4 is 72.9 Å². The topological polar surface area (TPSA) is 145 Å². The number of aromatic nitrogens is 2. The first-order valence-electron chi connectivity index (χ1n) is 18.5. The molecule has 0 radical (unpaired) electrons. The van der Waals surface area contributed by atoms with Gasteiger partial charge in [-0.15, -0.1) is 17.9 Å². The lowest BCUT2D eigenvalue weighted by Gasteiger charge is -2.35. The first-order valence-corrected chi connectivity index (χ1v) is 21.7. The number of benzene rings is 2. The summed E-state index contributed by atoms with van der Waals surface area (Å²) in [5, 5.41) is 4.44. The number of likely N-dealkylation sites (tertiary alicyclic amines) is 1. The molecule has 2 aliphatic carbocycles. The molecule has 296 valence electrons. The van der Waals surface area contributed by atoms with Gasteiger partial charge in [-0.2, -0.15) is 0 Å². The van der Waals surface area contributed by atoms with Crippen molar-refractivity contribution in [3.05, 3.63) is 81.7 Å². The van der Waals surface area contributed by atoms with Gasteiger partial charge in [0.15, 0.2) is 5.78 Å². The van der Waals surface area contributed by atoms with Crippen LogP contribution in [-0.4, -0.2) is 71.9 Å². The summed E-state index contributed by atoms with van der Waals surface area (Å²) in [7, 11) is -2.31. The zero-order valence-electron chi connectivity index (χ0n) is 31.6. The number of halogens is 2. The van der Waals surface area contributed by atoms with Crippen LogP contribution in [0.5, 0.6) is 11.6 Å². The fraction of sp³-hybridized carbons (Fsp3) is 0.439. The number of Topliss-reactive ketones (excluding diaryl/α,β-unsaturated/α-hetero) is 1. The molecular weight excluding hydrogens is 796 g/mol. The Morgan fingerprint density at radius 2 is 1.89 bits per heavy atom. The summed E-state index contributed by atoms with van der Waals surface area (Å²) in [6, 6.07) is 11.8. The second-order valence-corrected chi connectivity index (χ2v) is 19.8. The van der Waals surface area contributed by atoms with Gasteiger partial charge in [0.1, 0.15) is 11.9 Å². The van der Waals surface area contributed by atoms with Crippen molar-refractivity contribution in [2.45, 2.75) is 76.7 Å². The number of methoxy groups -OCH3 is 1. The molecule has 0 bridgehead atoms. The lowest BCUT2D eigenvalue weighted by atomic mass is 9.77. The van der Waals surface area contributed by atoms with Gasteiger partial charge in [0.2, 0.25) is 27.7 Å². The van der Waals surface area contributed by atoms with Crippen molar-refractivity contribution in [1.82, 2.24) is 19.6 Å². The first kappa shape index (κ1) is 40.2. The minimum Gasteiger partial charge on any atom is -0.494 e. The van der Waals surface area contributed by atoms with Crippen LogP contribution in [0.3, 0.4) is 0 Å². The van der Waals surface area contributed by atoms with Gasteiger partial charge in [-0.25, -0.2) is 18.4 Å². The molecular formula is C41H44Cl2N4O7S2. The van der Waals surface area contributed by atoms with Crippen molar-refractivity contribution in [3.8, 4) is 22.9 Å². The average Bonchev–Trinajstić information content (AvgIpc) is 4.04. The third-order valence-electron chi connectivity index (χ3n) is 11.2. The molecule has 2 aromatic carbocycles. The fourth-order valence-corrected chi connectivity index (χ4v) is 10.3. The molecule has 3 fully saturated rings. The first-order chi connectivity index (χ1) is 26.5. The predicted molar refractivity (Wildman–Crippen MR) is 217 cm³/mol. The van der Waals surface area contributed by atoms with Crippen LogP contribution in [0.1, 0.15) is 57.9 Å². The van der Waals surface area contributed by atoms with Gasteiger partial charge in [0.05, 0.1) is 47.3 Å². The summed E-state index contributed by atoms with van der Waals surface area (Å²) >= 11 is 14.3. The molecule has 1 N–H and O–H groups in total. The monoisotopic (exact) mass is 838 g/mol. The third-order valence-corrected chi connectivity index (χ3v) is 14.4. The van der Waals surface area contributed by atoms with E-state index in [0.29, 0.717) is 46.1 Å². The maximum Gasteiger partial charge on any atom is 0.240 e. The number of ether oxygens (including phenoxy) is 2. The number of hydrogen-bond donors (Lipinski definition) is 1. The predicted octanol–water partition coefficient (Wildman–Crippen LogP) is 7.69. The van der Waals surface area contributed by atoms with Gasteiger partial charge in [-0.05, 0) is 54.9 Å². The fourth-order valence-electron chi connectivity index (χ4n) is 7.65. The highest BCUT2D eigenvalue weighted by molar-refractivity contribution is 7.90. The van der Waals surface area contributed by atoms with Gasteiger partial charge < -0.3 is 14.4 Å². The standard InChI is InChI=1S/C41H44Cl2N4O7S2/c1-6-23-18-41(23,39(50)46-56(51,52)26-12-13-26)19-34(48)33-16-25(54-37-29-15-24(42)11-14-27(29)35(53-5)20-44-37)21-47(33)38(49)30(40(2,3)4)17-36-45-32(22-55-36)28-9-7-8-10-31(28)43/h6-11,14-15,20,22-23,25-26,30,33H,1,12-13,16-19,21H2,2-5H3,(H,46,50)/t23-,25-,30-,33+,41-/m1/s1. The minimum absolute atomic E-state index is 0.0699. The summed E-state index contributed by atoms with van der Waals surface area (Å²) < 4.78 is 39.9. The van der Waals surface area contributed by atoms with Crippen LogP contribution < -0.4 is 14.2 Å². The van der Waals surface area contributed by atoms with Crippen molar-refractivity contribution in [2.75, 3.05) is 13.7 Å². The summed E-state index contributed by atoms with van der Waals surface area (Å²) in [4.78, 5) is 54.1. The van der Waals surface area contributed by atoms with E-state index in [1.54, 1.807) is 42.5 Å². The number of rotatable bonds is 14. The van der Waals surface area contributed by atoms with Crippen molar-refractivity contribution in [1.29, 1.82) is 0 Å². The second kappa shape index (κ2) is 15.4. The molecule has 4 aromatic rings. The highest BCUT2D eigenvalue weighted by Crippen LogP contribution is 2.57. The number of pyridine rings is 1. The number of allylic oxidation sites excluding steroid dienone is 1. The summed E-state index contributed by atoms with van der Waals surface area (Å²) in [5.74, 6) is -1.50. The van der Waals surface area contributed by atoms with Crippen molar-refractivity contribution in [3.63, 3.8) is 0 Å². The number of hydrogen-bond acceptors (Lipinski definition) is 10. The molecule has 0 unspecified atom stereocenters. The van der Waals surface area contributed by atoms with E-state index in [-0.39, 0.29) is 43.4 Å². The molecule has 11 nitrogen and oxygen atoms in total. The van der Waals surface area contributed by atoms with Gasteiger partial charge >= 0.3 is 0 Å². The van der Waals surface area contributed by atoms with Gasteiger partial charge in [0.25, 0.3) is 0 Å². The molecule has 1 aliphatic heterocycles. The normalized spacial score (nSPS) is 22.8. The lowest BCUT2D eigenvalue weighted by Crippen LogP contribution is -2.48. The largest absolute Gasteiger partial charge is 0.494 e. The molecule has 5 atom stereocenters. The van der Waals surface area contributed by atoms with Crippen LogP contribution in [0.2, 0.25) is 10.0 Å². The van der Waals surface area contributed by atoms with Crippen molar-refractivity contribution in [2.24, 2.45) is 22.7 Å². The van der Waals surface area contributed by atoms with E-state index in [0.717, 1.165) is 16.0 Å². The third kappa shape index (κ3) is 8.05. The van der Waals surface area contributed by atoms with E-state index in [4.69, 9.17) is 37.7 Å². The molecule has 2 saturated carbocycles. The maximum absolute atomic E-state index is 14.9. The Labute approximate surface area is 340 Å². The highest BCUT2D eigenvalue weighted by atomic mass is 35.5. The van der Waals surface area contributed by atoms with E-state index in [1.165, 1.54) is 11.3 Å². The van der Waals surface area contributed by atoms with Gasteiger partial charge in [-0.3, -0.25) is 19.1 Å². The van der Waals surface area contributed by atoms with E-state index in [2.05, 4.69) is 16.3 Å². The smallest absolute Gasteiger partial charge is 0.240 e. The van der Waals surface area contributed by atoms with Crippen LogP contribution in [0.4, 0.5) is 0 Å². The van der Waals surface area contributed by atoms with Crippen LogP contribution in [0, 0.1) is 22.7 Å². The Kier molecular flexibility index (Phi) is 11.0. The second-order valence-electron chi connectivity index (χ2n) is 16.1. The molecule has 0 spiro atoms. The van der Waals surface area contributed by atoms with E-state index in [1.807, 2.05) is 50.4 Å². The van der Waals surface area contributed by atoms with Crippen LogP contribution in [-0.2, 0) is 30.8 Å². The summed E-state index contributed by atoms with van der Waals surface area (Å²) in [6.45, 7) is 9.86. The number of ketones is 1. The number of nitrogens with one attached hydrogen (secondary N) is 1. The maximum atomic E-state index is 14.9. The van der Waals surface area contributed by atoms with E-state index < -0.39 is 56.0 Å². The summed E-state index contributed by atoms with van der Waals surface area (Å²) in [6.07, 6.45) is 3.92. The summed E-state index contributed by atoms with van der Waals surface area (Å²) in [5.41, 5.74) is -0.320. The average molecular weight is 840 g/mol. The Morgan fingerprint density at radius 1 is 1.14 bits per heavy atom. The van der Waals surface area contributed by atoms with E-state index in [9.17, 15) is 22.8 Å². The number of carbonyl (C=O) groups is 3. The molecule has 3 aliphatic rings. The number of amides is 2. The number of fused-ring (bicyclic) bond motifs is 1. The minimum atomic E-state index is -3.85. The highest BCUT2D eigenvalue weighted by Gasteiger charge is 2.61. The molecule has 2 aromatic heterocycles. The van der Waals surface area contributed by atoms with Crippen LogP contribution in [0.25, 0.3) is 22.0 Å². The molecule has 15 heteroatoms. The Bertz CT molecular complexity index is 2320. The number of carbonyl (C=O) groups excluding carboxylic acids is 3. The van der Waals surface area contributed by atoms with E-state index >= 15 is 0 Å². The SMILES string of the molecule is C=C[C@@H]1C[C@]1(CC(=O)[C@@H]1C[C@@H](Oc2ncc(OC)c3ccc(Cl)cc23)CN1C(=O)[C@@H](Cc1nc(-c2ccccc2Cl)cs1)C(C)(C)C)C(=O)NS(=O)(=O)C1CC1. The number of thiazole rings is 1. The van der Waals surface area contributed by atoms with Crippen LogP contribution >= 0.6 is 34.5 Å². The lowest BCUT2D eigenvalue weighted by molar-refractivity contribution is -0.144.